The lowest BCUT2D eigenvalue weighted by atomic mass is 9.98. The number of piperidine rings is 1. The molecule has 1 rings (SSSR count). The van der Waals surface area contributed by atoms with Gasteiger partial charge in [-0.3, -0.25) is 4.79 Å². The Bertz CT molecular complexity index is 274. The molecule has 106 valence electrons. The third-order valence-electron chi connectivity index (χ3n) is 2.80. The molecule has 0 unspecified atom stereocenters. The van der Waals surface area contributed by atoms with Crippen molar-refractivity contribution in [1.82, 2.24) is 4.90 Å². The molecule has 0 radical (unpaired) electrons. The minimum absolute atomic E-state index is 0.0107. The number of likely N-dealkylation sites (tertiary alicyclic amines) is 1. The summed E-state index contributed by atoms with van der Waals surface area (Å²) in [6.45, 7) is 3.73. The highest BCUT2D eigenvalue weighted by Crippen LogP contribution is 2.30. The van der Waals surface area contributed by atoms with Crippen LogP contribution in [0, 0.1) is 5.92 Å². The smallest absolute Gasteiger partial charge is 0.441 e. The highest BCUT2D eigenvalue weighted by atomic mass is 32.2. The molecule has 0 aliphatic carbocycles. The van der Waals surface area contributed by atoms with Crippen LogP contribution < -0.4 is 0 Å². The molecule has 1 atom stereocenters. The molecule has 0 aromatic carbocycles. The molecule has 7 heteroatoms. The number of carbonyl (C=O) groups excluding carboxylic acids is 1. The fraction of sp³-hybridized carbons (Fsp3) is 0.909. The van der Waals surface area contributed by atoms with Crippen LogP contribution in [0.2, 0.25) is 0 Å². The predicted octanol–water partition coefficient (Wildman–Crippen LogP) is 2.51. The molecule has 1 heterocycles. The molecule has 0 spiro atoms. The van der Waals surface area contributed by atoms with Crippen LogP contribution in [0.4, 0.5) is 13.2 Å². The van der Waals surface area contributed by atoms with E-state index in [1.54, 1.807) is 6.92 Å². The number of alkyl halides is 3. The van der Waals surface area contributed by atoms with E-state index in [0.29, 0.717) is 19.7 Å². The Morgan fingerprint density at radius 1 is 1.50 bits per heavy atom. The molecule has 1 fully saturated rings. The molecule has 18 heavy (non-hydrogen) atoms. The highest BCUT2D eigenvalue weighted by molar-refractivity contribution is 8.00. The van der Waals surface area contributed by atoms with Gasteiger partial charge in [0.1, 0.15) is 0 Å². The van der Waals surface area contributed by atoms with Crippen LogP contribution in [0.25, 0.3) is 0 Å². The maximum Gasteiger partial charge on any atom is 0.441 e. The predicted molar refractivity (Wildman–Crippen MR) is 64.3 cm³/mol. The van der Waals surface area contributed by atoms with Crippen LogP contribution >= 0.6 is 11.8 Å². The molecule has 0 saturated carbocycles. The maximum atomic E-state index is 12.0. The first kappa shape index (κ1) is 15.6. The van der Waals surface area contributed by atoms with Gasteiger partial charge < -0.3 is 9.64 Å². The number of ether oxygens (including phenoxy) is 1. The molecule has 1 aliphatic heterocycles. The van der Waals surface area contributed by atoms with Crippen molar-refractivity contribution in [1.29, 1.82) is 0 Å². The van der Waals surface area contributed by atoms with Crippen molar-refractivity contribution >= 4 is 17.7 Å². The van der Waals surface area contributed by atoms with Crippen LogP contribution in [0.3, 0.4) is 0 Å². The molecule has 1 saturated heterocycles. The van der Waals surface area contributed by atoms with Gasteiger partial charge in [-0.25, -0.2) is 0 Å². The minimum Gasteiger partial charge on any atom is -0.466 e. The van der Waals surface area contributed by atoms with Gasteiger partial charge in [0.15, 0.2) is 0 Å². The zero-order valence-electron chi connectivity index (χ0n) is 10.3. The molecule has 0 aromatic heterocycles. The van der Waals surface area contributed by atoms with E-state index < -0.39 is 5.51 Å². The number of hydrogen-bond acceptors (Lipinski definition) is 4. The van der Waals surface area contributed by atoms with E-state index >= 15 is 0 Å². The fourth-order valence-corrected chi connectivity index (χ4v) is 2.58. The van der Waals surface area contributed by atoms with Crippen LogP contribution in [-0.4, -0.2) is 48.4 Å². The van der Waals surface area contributed by atoms with Crippen LogP contribution in [-0.2, 0) is 9.53 Å². The molecule has 0 amide bonds. The topological polar surface area (TPSA) is 29.5 Å². The van der Waals surface area contributed by atoms with Gasteiger partial charge in [-0.15, -0.1) is 0 Å². The van der Waals surface area contributed by atoms with E-state index in [9.17, 15) is 18.0 Å². The zero-order chi connectivity index (χ0) is 13.6. The second-order valence-electron chi connectivity index (χ2n) is 4.19. The standard InChI is InChI=1S/C11H18F3NO2S/c1-2-17-10(16)9-4-3-5-15(8-9)6-7-18-11(12,13)14/h9H,2-8H2,1H3/t9-/m1/s1. The summed E-state index contributed by atoms with van der Waals surface area (Å²) >= 11 is -0.0107. The summed E-state index contributed by atoms with van der Waals surface area (Å²) in [6.07, 6.45) is 1.60. The first-order valence-electron chi connectivity index (χ1n) is 6.02. The average Bonchev–Trinajstić information content (AvgIpc) is 2.28. The van der Waals surface area contributed by atoms with Crippen molar-refractivity contribution < 1.29 is 22.7 Å². The second-order valence-corrected chi connectivity index (χ2v) is 5.35. The van der Waals surface area contributed by atoms with Crippen molar-refractivity contribution in [3.63, 3.8) is 0 Å². The Hall–Kier alpha value is -0.430. The molecular formula is C11H18F3NO2S. The van der Waals surface area contributed by atoms with E-state index in [1.807, 2.05) is 4.90 Å². The lowest BCUT2D eigenvalue weighted by Crippen LogP contribution is -2.40. The second kappa shape index (κ2) is 7.23. The normalized spacial score (nSPS) is 21.9. The number of carbonyl (C=O) groups is 1. The largest absolute Gasteiger partial charge is 0.466 e. The first-order chi connectivity index (χ1) is 8.42. The van der Waals surface area contributed by atoms with Gasteiger partial charge in [0.2, 0.25) is 0 Å². The molecule has 3 nitrogen and oxygen atoms in total. The van der Waals surface area contributed by atoms with E-state index in [1.165, 1.54) is 0 Å². The van der Waals surface area contributed by atoms with E-state index in [0.717, 1.165) is 19.4 Å². The monoisotopic (exact) mass is 285 g/mol. The number of halogens is 3. The number of thioether (sulfide) groups is 1. The van der Waals surface area contributed by atoms with Gasteiger partial charge in [-0.05, 0) is 38.1 Å². The van der Waals surface area contributed by atoms with Crippen molar-refractivity contribution in [3.05, 3.63) is 0 Å². The van der Waals surface area contributed by atoms with Gasteiger partial charge in [0.05, 0.1) is 12.5 Å². The molecule has 0 N–H and O–H groups in total. The fourth-order valence-electron chi connectivity index (χ4n) is 2.00. The summed E-state index contributed by atoms with van der Waals surface area (Å²) < 4.78 is 40.9. The Morgan fingerprint density at radius 3 is 2.83 bits per heavy atom. The van der Waals surface area contributed by atoms with E-state index in [4.69, 9.17) is 4.74 Å². The summed E-state index contributed by atoms with van der Waals surface area (Å²) in [5, 5.41) is 0. The summed E-state index contributed by atoms with van der Waals surface area (Å²) in [6, 6.07) is 0. The Balaban J connectivity index is 2.28. The van der Waals surface area contributed by atoms with Crippen LogP contribution in [0.5, 0.6) is 0 Å². The number of hydrogen-bond donors (Lipinski definition) is 0. The average molecular weight is 285 g/mol. The van der Waals surface area contributed by atoms with Crippen molar-refractivity contribution in [3.8, 4) is 0 Å². The number of rotatable bonds is 5. The lowest BCUT2D eigenvalue weighted by molar-refractivity contribution is -0.149. The first-order valence-corrected chi connectivity index (χ1v) is 7.00. The van der Waals surface area contributed by atoms with Gasteiger partial charge in [0, 0.05) is 18.8 Å². The van der Waals surface area contributed by atoms with Gasteiger partial charge in [0.25, 0.3) is 0 Å². The minimum atomic E-state index is -4.17. The third-order valence-corrected chi connectivity index (χ3v) is 3.51. The van der Waals surface area contributed by atoms with Crippen molar-refractivity contribution in [2.75, 3.05) is 32.0 Å². The van der Waals surface area contributed by atoms with Crippen molar-refractivity contribution in [2.24, 2.45) is 5.92 Å². The van der Waals surface area contributed by atoms with Gasteiger partial charge in [-0.1, -0.05) is 0 Å². The van der Waals surface area contributed by atoms with Gasteiger partial charge >= 0.3 is 11.5 Å². The lowest BCUT2D eigenvalue weighted by Gasteiger charge is -2.31. The zero-order valence-corrected chi connectivity index (χ0v) is 11.1. The van der Waals surface area contributed by atoms with Gasteiger partial charge in [-0.2, -0.15) is 13.2 Å². The summed E-state index contributed by atoms with van der Waals surface area (Å²) in [4.78, 5) is 13.4. The maximum absolute atomic E-state index is 12.0. The quantitative estimate of drug-likeness (QED) is 0.726. The Labute approximate surface area is 109 Å². The summed E-state index contributed by atoms with van der Waals surface area (Å²) in [5.74, 6) is -0.403. The molecule has 0 bridgehead atoms. The number of esters is 1. The highest BCUT2D eigenvalue weighted by Gasteiger charge is 2.30. The van der Waals surface area contributed by atoms with E-state index in [2.05, 4.69) is 0 Å². The molecule has 0 aromatic rings. The summed E-state index contributed by atoms with van der Waals surface area (Å²) in [7, 11) is 0. The number of nitrogens with zero attached hydrogens (tertiary/aromatic N) is 1. The SMILES string of the molecule is CCOC(=O)[C@@H]1CCCN(CCSC(F)(F)F)C1. The molecular weight excluding hydrogens is 267 g/mol. The van der Waals surface area contributed by atoms with Crippen LogP contribution in [0.15, 0.2) is 0 Å². The third kappa shape index (κ3) is 5.95. The van der Waals surface area contributed by atoms with Crippen LogP contribution in [0.1, 0.15) is 19.8 Å². The Kier molecular flexibility index (Phi) is 6.28. The molecule has 1 aliphatic rings. The van der Waals surface area contributed by atoms with E-state index in [-0.39, 0.29) is 29.4 Å². The van der Waals surface area contributed by atoms with Crippen molar-refractivity contribution in [2.45, 2.75) is 25.3 Å². The Morgan fingerprint density at radius 2 is 2.22 bits per heavy atom. The summed E-state index contributed by atoms with van der Waals surface area (Å²) in [5.41, 5.74) is -4.17.